The van der Waals surface area contributed by atoms with Crippen LogP contribution in [0.1, 0.15) is 16.7 Å². The van der Waals surface area contributed by atoms with Crippen LogP contribution >= 0.6 is 0 Å². The van der Waals surface area contributed by atoms with Crippen LogP contribution in [0.25, 0.3) is 0 Å². The van der Waals surface area contributed by atoms with Gasteiger partial charge in [0.2, 0.25) is 0 Å². The Hall–Kier alpha value is -3.40. The molecule has 2 aromatic carbocycles. The highest BCUT2D eigenvalue weighted by Gasteiger charge is 2.92. The predicted octanol–water partition coefficient (Wildman–Crippen LogP) is 3.12. The van der Waals surface area contributed by atoms with E-state index in [4.69, 9.17) is 4.74 Å². The Balaban J connectivity index is 1.51. The fourth-order valence-corrected chi connectivity index (χ4v) is 4.93. The van der Waals surface area contributed by atoms with Gasteiger partial charge >= 0.3 is 24.1 Å². The van der Waals surface area contributed by atoms with Gasteiger partial charge in [0, 0.05) is 18.1 Å². The lowest BCUT2D eigenvalue weighted by atomic mass is 9.89. The van der Waals surface area contributed by atoms with Gasteiger partial charge in [-0.15, -0.1) is 0 Å². The summed E-state index contributed by atoms with van der Waals surface area (Å²) in [4.78, 5) is 35.3. The maximum Gasteiger partial charge on any atom is 0.432 e. The van der Waals surface area contributed by atoms with Gasteiger partial charge in [0.15, 0.2) is 0 Å². The number of hydrogen-bond donors (Lipinski definition) is 2. The third-order valence-corrected chi connectivity index (χ3v) is 6.61. The number of carbonyl (C=O) groups excluding carboxylic acids is 1. The fraction of sp³-hybridized carbons (Fsp3) is 0.348. The standard InChI is InChI=1S/C23H19F3O7/c1-32-22(23(24,25)26,14-5-3-2-4-6-14)20(31)33-11-12-7-9-13(10-8-12)21-15(16(21)18(27)28)17(21)19(29)30/h2-10,15-17H,11H2,1H3,(H,27,28)(H,29,30)/t15?,16-,17-,21?,22?/m0/s1. The van der Waals surface area contributed by atoms with E-state index in [0.29, 0.717) is 11.1 Å². The monoisotopic (exact) mass is 464 g/mol. The van der Waals surface area contributed by atoms with Crippen molar-refractivity contribution in [2.75, 3.05) is 7.11 Å². The smallest absolute Gasteiger partial charge is 0.432 e. The van der Waals surface area contributed by atoms with Gasteiger partial charge in [-0.3, -0.25) is 9.59 Å². The number of ether oxygens (including phenoxy) is 2. The number of carboxylic acids is 2. The first-order valence-corrected chi connectivity index (χ1v) is 9.93. The average molecular weight is 464 g/mol. The molecule has 4 rings (SSSR count). The molecule has 1 unspecified atom stereocenters. The lowest BCUT2D eigenvalue weighted by molar-refractivity contribution is -0.276. The van der Waals surface area contributed by atoms with Crippen LogP contribution in [0.4, 0.5) is 13.2 Å². The molecule has 2 saturated carbocycles. The first kappa shape index (κ1) is 22.8. The second kappa shape index (κ2) is 7.58. The van der Waals surface area contributed by atoms with Crippen molar-refractivity contribution in [2.45, 2.75) is 23.8 Å². The van der Waals surface area contributed by atoms with E-state index in [1.54, 1.807) is 0 Å². The number of alkyl halides is 3. The van der Waals surface area contributed by atoms with Gasteiger partial charge in [0.25, 0.3) is 5.60 Å². The van der Waals surface area contributed by atoms with E-state index in [0.717, 1.165) is 19.2 Å². The minimum absolute atomic E-state index is 0.348. The molecule has 33 heavy (non-hydrogen) atoms. The normalized spacial score (nSPS) is 27.1. The summed E-state index contributed by atoms with van der Waals surface area (Å²) in [7, 11) is 0.773. The van der Waals surface area contributed by atoms with Gasteiger partial charge in [-0.2, -0.15) is 13.2 Å². The van der Waals surface area contributed by atoms with Crippen LogP contribution in [0.2, 0.25) is 0 Å². The lowest BCUT2D eigenvalue weighted by Crippen LogP contribution is -2.51. The summed E-state index contributed by atoms with van der Waals surface area (Å²) in [5, 5.41) is 18.6. The van der Waals surface area contributed by atoms with Gasteiger partial charge in [-0.05, 0) is 17.0 Å². The number of benzene rings is 2. The number of aliphatic carboxylic acids is 2. The van der Waals surface area contributed by atoms with Crippen LogP contribution in [0.15, 0.2) is 54.6 Å². The number of fused-ring (bicyclic) bond motifs is 1. The second-order valence-corrected chi connectivity index (χ2v) is 8.11. The van der Waals surface area contributed by atoms with Crippen molar-refractivity contribution in [3.8, 4) is 0 Å². The molecule has 0 amide bonds. The number of rotatable bonds is 8. The summed E-state index contributed by atoms with van der Waals surface area (Å²) in [6.45, 7) is -0.492. The molecule has 0 heterocycles. The number of methoxy groups -OCH3 is 1. The van der Waals surface area contributed by atoms with Crippen LogP contribution in [0.3, 0.4) is 0 Å². The molecule has 3 atom stereocenters. The summed E-state index contributed by atoms with van der Waals surface area (Å²) in [6, 6.07) is 12.4. The number of hydrogen-bond acceptors (Lipinski definition) is 5. The van der Waals surface area contributed by atoms with E-state index < -0.39 is 65.0 Å². The summed E-state index contributed by atoms with van der Waals surface area (Å²) >= 11 is 0. The minimum atomic E-state index is -5.09. The van der Waals surface area contributed by atoms with E-state index in [9.17, 15) is 37.8 Å². The first-order valence-electron chi connectivity index (χ1n) is 9.93. The largest absolute Gasteiger partial charge is 0.481 e. The molecule has 2 aliphatic carbocycles. The lowest BCUT2D eigenvalue weighted by Gasteiger charge is -2.32. The fourth-order valence-electron chi connectivity index (χ4n) is 4.93. The van der Waals surface area contributed by atoms with E-state index in [1.807, 2.05) is 0 Å². The molecule has 7 nitrogen and oxygen atoms in total. The number of carboxylic acid groups (broad SMARTS) is 2. The summed E-state index contributed by atoms with van der Waals surface area (Å²) in [6.07, 6.45) is -5.09. The maximum absolute atomic E-state index is 13.9. The van der Waals surface area contributed by atoms with Gasteiger partial charge in [0.05, 0.1) is 11.8 Å². The minimum Gasteiger partial charge on any atom is -0.481 e. The number of esters is 1. The molecule has 0 bridgehead atoms. The van der Waals surface area contributed by atoms with Crippen molar-refractivity contribution < 1.29 is 47.2 Å². The zero-order chi connectivity index (χ0) is 24.2. The highest BCUT2D eigenvalue weighted by Crippen LogP contribution is 2.83. The van der Waals surface area contributed by atoms with Crippen LogP contribution in [0, 0.1) is 17.8 Å². The quantitative estimate of drug-likeness (QED) is 0.578. The summed E-state index contributed by atoms with van der Waals surface area (Å²) in [5.74, 6) is -5.80. The van der Waals surface area contributed by atoms with Gasteiger partial charge in [0.1, 0.15) is 6.61 Å². The zero-order valence-electron chi connectivity index (χ0n) is 17.2. The van der Waals surface area contributed by atoms with Crippen molar-refractivity contribution in [3.05, 3.63) is 71.3 Å². The molecule has 0 spiro atoms. The third-order valence-electron chi connectivity index (χ3n) is 6.61. The molecule has 0 saturated heterocycles. The molecule has 174 valence electrons. The van der Waals surface area contributed by atoms with Crippen molar-refractivity contribution in [1.82, 2.24) is 0 Å². The molecule has 10 heteroatoms. The molecular weight excluding hydrogens is 445 g/mol. The highest BCUT2D eigenvalue weighted by atomic mass is 19.4. The highest BCUT2D eigenvalue weighted by molar-refractivity contribution is 5.92. The molecule has 0 radical (unpaired) electrons. The summed E-state index contributed by atoms with van der Waals surface area (Å²) in [5.41, 5.74) is -3.81. The topological polar surface area (TPSA) is 110 Å². The van der Waals surface area contributed by atoms with Crippen LogP contribution in [-0.2, 0) is 41.5 Å². The van der Waals surface area contributed by atoms with Crippen molar-refractivity contribution >= 4 is 17.9 Å². The average Bonchev–Trinajstić information content (AvgIpc) is 3.62. The Labute approximate surface area is 185 Å². The zero-order valence-corrected chi connectivity index (χ0v) is 17.2. The molecule has 2 N–H and O–H groups in total. The predicted molar refractivity (Wildman–Crippen MR) is 105 cm³/mol. The van der Waals surface area contributed by atoms with Crippen molar-refractivity contribution in [2.24, 2.45) is 17.8 Å². The third kappa shape index (κ3) is 3.19. The van der Waals surface area contributed by atoms with Gasteiger partial charge in [-0.25, -0.2) is 4.79 Å². The van der Waals surface area contributed by atoms with Gasteiger partial charge in [-0.1, -0.05) is 54.6 Å². The number of halogens is 3. The van der Waals surface area contributed by atoms with E-state index in [-0.39, 0.29) is 0 Å². The number of carbonyl (C=O) groups is 3. The molecular formula is C23H19F3O7. The molecule has 2 fully saturated rings. The van der Waals surface area contributed by atoms with Crippen molar-refractivity contribution in [1.29, 1.82) is 0 Å². The Morgan fingerprint density at radius 2 is 1.48 bits per heavy atom. The Morgan fingerprint density at radius 1 is 0.939 bits per heavy atom. The van der Waals surface area contributed by atoms with Crippen LogP contribution in [-0.4, -0.2) is 41.4 Å². The van der Waals surface area contributed by atoms with E-state index in [1.165, 1.54) is 42.5 Å². The van der Waals surface area contributed by atoms with Crippen LogP contribution < -0.4 is 0 Å². The van der Waals surface area contributed by atoms with Gasteiger partial charge < -0.3 is 19.7 Å². The first-order chi connectivity index (χ1) is 15.5. The Morgan fingerprint density at radius 3 is 1.94 bits per heavy atom. The van der Waals surface area contributed by atoms with E-state index >= 15 is 0 Å². The van der Waals surface area contributed by atoms with Crippen LogP contribution in [0.5, 0.6) is 0 Å². The van der Waals surface area contributed by atoms with E-state index in [2.05, 4.69) is 4.74 Å². The second-order valence-electron chi connectivity index (χ2n) is 8.11. The maximum atomic E-state index is 13.9. The summed E-state index contributed by atoms with van der Waals surface area (Å²) < 4.78 is 51.4. The molecule has 2 aromatic rings. The van der Waals surface area contributed by atoms with Crippen molar-refractivity contribution in [3.63, 3.8) is 0 Å². The SMILES string of the molecule is COC(C(=O)OCc1ccc(C23C([C@H]2C(=O)O)[C@H]3C(=O)O)cc1)(c1ccccc1)C(F)(F)F. The molecule has 2 aliphatic rings. The molecule has 0 aliphatic heterocycles. The molecule has 0 aromatic heterocycles. The Bertz CT molecular complexity index is 1080. The Kier molecular flexibility index (Phi) is 5.24.